The summed E-state index contributed by atoms with van der Waals surface area (Å²) in [7, 11) is 0. The summed E-state index contributed by atoms with van der Waals surface area (Å²) in [5.41, 5.74) is 17.6. The number of aliphatic imine (C=N–C) groups is 1. The first kappa shape index (κ1) is 23.1. The van der Waals surface area contributed by atoms with Gasteiger partial charge in [0.25, 0.3) is 0 Å². The van der Waals surface area contributed by atoms with Crippen LogP contribution in [0.5, 0.6) is 0 Å². The Morgan fingerprint density at radius 1 is 1.23 bits per heavy atom. The number of unbranched alkanes of at least 4 members (excludes halogenated alkanes) is 1. The van der Waals surface area contributed by atoms with E-state index < -0.39 is 11.1 Å². The van der Waals surface area contributed by atoms with Gasteiger partial charge < -0.3 is 37.8 Å². The van der Waals surface area contributed by atoms with Crippen molar-refractivity contribution in [2.45, 2.75) is 44.7 Å². The van der Waals surface area contributed by atoms with Gasteiger partial charge in [0.15, 0.2) is 5.96 Å². The molecule has 0 aliphatic carbocycles. The van der Waals surface area contributed by atoms with Crippen LogP contribution in [0.15, 0.2) is 35.3 Å². The van der Waals surface area contributed by atoms with Crippen LogP contribution in [0, 0.1) is 15.3 Å². The van der Waals surface area contributed by atoms with Crippen molar-refractivity contribution in [1.29, 1.82) is 0 Å². The Balaban J connectivity index is 0.00000141. The first-order valence-electron chi connectivity index (χ1n) is 8.19. The third-order valence-corrected chi connectivity index (χ3v) is 3.33. The molecular weight excluding hydrogens is 340 g/mol. The van der Waals surface area contributed by atoms with Crippen molar-refractivity contribution >= 4 is 11.9 Å². The summed E-state index contributed by atoms with van der Waals surface area (Å²) >= 11 is 0. The molecule has 146 valence electrons. The Morgan fingerprint density at radius 2 is 1.81 bits per heavy atom. The van der Waals surface area contributed by atoms with E-state index in [2.05, 4.69) is 10.3 Å². The highest BCUT2D eigenvalue weighted by Gasteiger charge is 2.15. The third-order valence-electron chi connectivity index (χ3n) is 3.33. The number of hydrogen-bond acceptors (Lipinski definition) is 6. The molecule has 1 aromatic rings. The first-order valence-corrected chi connectivity index (χ1v) is 8.19. The summed E-state index contributed by atoms with van der Waals surface area (Å²) in [4.78, 5) is 24.2. The quantitative estimate of drug-likeness (QED) is 0.158. The average molecular weight is 367 g/mol. The molecule has 0 spiro atoms. The molecule has 10 nitrogen and oxygen atoms in total. The summed E-state index contributed by atoms with van der Waals surface area (Å²) in [5.74, 6) is -0.0120. The molecule has 0 saturated heterocycles. The van der Waals surface area contributed by atoms with Crippen molar-refractivity contribution in [3.8, 4) is 0 Å². The van der Waals surface area contributed by atoms with E-state index in [4.69, 9.17) is 32.5 Å². The number of hydrogen-bond donors (Lipinski definition) is 4. The topological polar surface area (TPSA) is 186 Å². The fourth-order valence-electron chi connectivity index (χ4n) is 2.18. The summed E-state index contributed by atoms with van der Waals surface area (Å²) in [6, 6.07) is 9.63. The third kappa shape index (κ3) is 13.5. The average Bonchev–Trinajstić information content (AvgIpc) is 2.54. The molecule has 2 atom stereocenters. The smallest absolute Gasteiger partial charge is 0.237 e. The van der Waals surface area contributed by atoms with E-state index >= 15 is 0 Å². The van der Waals surface area contributed by atoms with Gasteiger partial charge in [-0.25, -0.2) is 0 Å². The van der Waals surface area contributed by atoms with E-state index in [1.54, 1.807) is 0 Å². The molecule has 0 heterocycles. The van der Waals surface area contributed by atoms with E-state index in [0.29, 0.717) is 13.0 Å². The van der Waals surface area contributed by atoms with Crippen LogP contribution in [0.1, 0.15) is 31.7 Å². The highest BCUT2D eigenvalue weighted by Crippen LogP contribution is 2.04. The van der Waals surface area contributed by atoms with Gasteiger partial charge in [-0.2, -0.15) is 0 Å². The van der Waals surface area contributed by atoms with Gasteiger partial charge in [-0.15, -0.1) is 0 Å². The lowest BCUT2D eigenvalue weighted by Crippen LogP contribution is -2.45. The van der Waals surface area contributed by atoms with Crippen molar-refractivity contribution in [3.05, 3.63) is 51.2 Å². The molecule has 10 heteroatoms. The number of guanidine groups is 1. The second-order valence-electron chi connectivity index (χ2n) is 5.73. The lowest BCUT2D eigenvalue weighted by Gasteiger charge is -2.17. The first-order chi connectivity index (χ1) is 12.2. The lowest BCUT2D eigenvalue weighted by atomic mass is 10.1. The van der Waals surface area contributed by atoms with E-state index in [0.717, 1.165) is 19.3 Å². The Morgan fingerprint density at radius 3 is 2.35 bits per heavy atom. The lowest BCUT2D eigenvalue weighted by molar-refractivity contribution is -0.402. The van der Waals surface area contributed by atoms with E-state index in [1.165, 1.54) is 5.56 Å². The van der Waals surface area contributed by atoms with Gasteiger partial charge in [0, 0.05) is 12.6 Å². The summed E-state index contributed by atoms with van der Waals surface area (Å²) in [5, 5.41) is 17.7. The normalized spacial score (nSPS) is 12.1. The molecule has 1 amide bonds. The molecule has 0 saturated carbocycles. The molecule has 0 fully saturated rings. The van der Waals surface area contributed by atoms with Gasteiger partial charge in [0.05, 0.1) is 11.1 Å². The fourth-order valence-corrected chi connectivity index (χ4v) is 2.18. The molecule has 0 aliphatic rings. The van der Waals surface area contributed by atoms with Crippen LogP contribution in [0.2, 0.25) is 0 Å². The molecule has 0 aromatic heterocycles. The van der Waals surface area contributed by atoms with Gasteiger partial charge in [-0.05, 0) is 38.2 Å². The van der Waals surface area contributed by atoms with Gasteiger partial charge >= 0.3 is 0 Å². The zero-order valence-electron chi connectivity index (χ0n) is 14.8. The number of nitrogens with two attached hydrogens (primary N) is 3. The Bertz CT molecular complexity index is 559. The zero-order chi connectivity index (χ0) is 19.9. The predicted molar refractivity (Wildman–Crippen MR) is 101 cm³/mol. The standard InChI is InChI=1S/C16H27N5O.NO3/c1-12(11-13-7-3-2-4-8-13)21-15(22)14(17)9-5-6-10-20-16(18)19;2-1(3)4/h2-4,7-8,12,14H,5-6,9-11,17H2,1H3,(H,21,22)(H4,18,19,20);/q;-1/t12-,14?;/m0./s1. The van der Waals surface area contributed by atoms with Gasteiger partial charge in [-0.1, -0.05) is 30.3 Å². The number of benzene rings is 1. The van der Waals surface area contributed by atoms with Crippen LogP contribution >= 0.6 is 0 Å². The van der Waals surface area contributed by atoms with Crippen LogP contribution in [-0.4, -0.2) is 35.6 Å². The molecule has 1 aromatic carbocycles. The highest BCUT2D eigenvalue weighted by atomic mass is 16.9. The Kier molecular flexibility index (Phi) is 11.9. The molecule has 0 aliphatic heterocycles. The predicted octanol–water partition coefficient (Wildman–Crippen LogP) is 0.266. The molecule has 1 rings (SSSR count). The number of amides is 1. The monoisotopic (exact) mass is 367 g/mol. The summed E-state index contributed by atoms with van der Waals surface area (Å²) < 4.78 is 0. The minimum atomic E-state index is -1.75. The van der Waals surface area contributed by atoms with E-state index in [9.17, 15) is 4.79 Å². The van der Waals surface area contributed by atoms with Crippen molar-refractivity contribution in [1.82, 2.24) is 5.32 Å². The minimum absolute atomic E-state index is 0.0580. The number of nitrogens with one attached hydrogen (secondary N) is 1. The van der Waals surface area contributed by atoms with Crippen LogP contribution in [-0.2, 0) is 11.2 Å². The molecule has 1 unspecified atom stereocenters. The fraction of sp³-hybridized carbons (Fsp3) is 0.500. The van der Waals surface area contributed by atoms with Crippen molar-refractivity contribution < 1.29 is 9.88 Å². The van der Waals surface area contributed by atoms with E-state index in [-0.39, 0.29) is 17.9 Å². The van der Waals surface area contributed by atoms with Crippen molar-refractivity contribution in [2.24, 2.45) is 22.2 Å². The van der Waals surface area contributed by atoms with Crippen LogP contribution in [0.3, 0.4) is 0 Å². The maximum absolute atomic E-state index is 12.0. The summed E-state index contributed by atoms with van der Waals surface area (Å²) in [6.45, 7) is 2.55. The maximum Gasteiger partial charge on any atom is 0.237 e. The highest BCUT2D eigenvalue weighted by molar-refractivity contribution is 5.81. The van der Waals surface area contributed by atoms with Crippen LogP contribution in [0.25, 0.3) is 0 Å². The summed E-state index contributed by atoms with van der Waals surface area (Å²) in [6.07, 6.45) is 3.06. The van der Waals surface area contributed by atoms with Gasteiger partial charge in [0.1, 0.15) is 0 Å². The molecule has 0 radical (unpaired) electrons. The zero-order valence-corrected chi connectivity index (χ0v) is 14.8. The molecule has 7 N–H and O–H groups in total. The Labute approximate surface area is 152 Å². The number of carbonyl (C=O) groups excluding carboxylic acids is 1. The number of nitrogens with zero attached hydrogens (tertiary/aromatic N) is 2. The SMILES string of the molecule is C[C@@H](Cc1ccccc1)NC(=O)C(N)CCCCN=C(N)N.O=[N+]([O-])[O-]. The minimum Gasteiger partial charge on any atom is -0.370 e. The number of carbonyl (C=O) groups is 1. The molecule has 26 heavy (non-hydrogen) atoms. The van der Waals surface area contributed by atoms with Crippen LogP contribution < -0.4 is 22.5 Å². The maximum atomic E-state index is 12.0. The second-order valence-corrected chi connectivity index (χ2v) is 5.73. The van der Waals surface area contributed by atoms with Crippen molar-refractivity contribution in [3.63, 3.8) is 0 Å². The largest absolute Gasteiger partial charge is 0.370 e. The molecule has 0 bridgehead atoms. The molecular formula is C16H27N6O4-. The second kappa shape index (κ2) is 13.4. The van der Waals surface area contributed by atoms with Gasteiger partial charge in [0.2, 0.25) is 5.91 Å². The van der Waals surface area contributed by atoms with E-state index in [1.807, 2.05) is 37.3 Å². The van der Waals surface area contributed by atoms with Crippen LogP contribution in [0.4, 0.5) is 0 Å². The number of rotatable bonds is 9. The Hall–Kier alpha value is -2.88. The van der Waals surface area contributed by atoms with Crippen molar-refractivity contribution in [2.75, 3.05) is 6.54 Å². The van der Waals surface area contributed by atoms with Gasteiger partial charge in [-0.3, -0.25) is 9.79 Å².